The van der Waals surface area contributed by atoms with Crippen molar-refractivity contribution in [1.29, 1.82) is 0 Å². The maximum Gasteiger partial charge on any atom is 0.308 e. The van der Waals surface area contributed by atoms with Crippen LogP contribution in [0.4, 0.5) is 5.69 Å². The van der Waals surface area contributed by atoms with Gasteiger partial charge in [0.05, 0.1) is 11.1 Å². The van der Waals surface area contributed by atoms with Crippen molar-refractivity contribution in [3.63, 3.8) is 0 Å². The fourth-order valence-corrected chi connectivity index (χ4v) is 6.59. The molecule has 0 fully saturated rings. The van der Waals surface area contributed by atoms with Gasteiger partial charge in [0.25, 0.3) is 4.21 Å². The van der Waals surface area contributed by atoms with Crippen LogP contribution in [0, 0.1) is 0 Å². The minimum absolute atomic E-state index is 0. The lowest BCUT2D eigenvalue weighted by Crippen LogP contribution is -3.00. The SMILES string of the molecule is CSc1[s+]sc2c1-c1ccccc1NC2(C)C.[I-]. The van der Waals surface area contributed by atoms with E-state index >= 15 is 0 Å². The van der Waals surface area contributed by atoms with E-state index in [1.165, 1.54) is 25.9 Å². The van der Waals surface area contributed by atoms with Gasteiger partial charge in [0.1, 0.15) is 4.88 Å². The predicted octanol–water partition coefficient (Wildman–Crippen LogP) is 2.14. The van der Waals surface area contributed by atoms with Crippen LogP contribution in [0.5, 0.6) is 0 Å². The Kier molecular flexibility index (Phi) is 4.26. The summed E-state index contributed by atoms with van der Waals surface area (Å²) in [5.74, 6) is 0. The fraction of sp³-hybridized carbons (Fsp3) is 0.308. The van der Waals surface area contributed by atoms with Crippen molar-refractivity contribution in [3.05, 3.63) is 29.1 Å². The number of hydrogen-bond acceptors (Lipinski definition) is 3. The number of anilines is 1. The van der Waals surface area contributed by atoms with Gasteiger partial charge in [-0.15, -0.1) is 0 Å². The number of thioether (sulfide) groups is 1. The van der Waals surface area contributed by atoms with Crippen molar-refractivity contribution >= 4 is 38.1 Å². The highest BCUT2D eigenvalue weighted by atomic mass is 127. The lowest BCUT2D eigenvalue weighted by Gasteiger charge is -2.31. The Morgan fingerprint density at radius 3 is 2.72 bits per heavy atom. The normalized spacial score (nSPS) is 15.1. The van der Waals surface area contributed by atoms with Crippen molar-refractivity contribution in [2.24, 2.45) is 0 Å². The number of nitrogens with one attached hydrogen (secondary N) is 1. The Morgan fingerprint density at radius 2 is 2.00 bits per heavy atom. The van der Waals surface area contributed by atoms with E-state index in [0.29, 0.717) is 0 Å². The van der Waals surface area contributed by atoms with E-state index in [-0.39, 0.29) is 29.5 Å². The zero-order valence-corrected chi connectivity index (χ0v) is 15.0. The van der Waals surface area contributed by atoms with Crippen molar-refractivity contribution in [2.45, 2.75) is 23.6 Å². The topological polar surface area (TPSA) is 12.0 Å². The third-order valence-electron chi connectivity index (χ3n) is 3.03. The minimum Gasteiger partial charge on any atom is -1.00 e. The molecule has 5 heteroatoms. The lowest BCUT2D eigenvalue weighted by molar-refractivity contribution is -0.00000352. The molecule has 0 radical (unpaired) electrons. The van der Waals surface area contributed by atoms with Crippen LogP contribution >= 0.6 is 32.4 Å². The summed E-state index contributed by atoms with van der Waals surface area (Å²) in [4.78, 5) is 1.46. The Hall–Kier alpha value is 0.150. The van der Waals surface area contributed by atoms with E-state index in [1.807, 2.05) is 32.4 Å². The summed E-state index contributed by atoms with van der Waals surface area (Å²) in [7, 11) is 3.80. The molecule has 0 unspecified atom stereocenters. The Bertz CT molecular complexity index is 577. The average molecular weight is 407 g/mol. The number of rotatable bonds is 1. The molecule has 3 rings (SSSR count). The summed E-state index contributed by atoms with van der Waals surface area (Å²) in [6.07, 6.45) is 2.16. The highest BCUT2D eigenvalue weighted by molar-refractivity contribution is 8.02. The molecule has 0 saturated heterocycles. The number of benzene rings is 1. The number of hydrogen-bond donors (Lipinski definition) is 1. The Balaban J connectivity index is 0.00000120. The van der Waals surface area contributed by atoms with Gasteiger partial charge in [0.15, 0.2) is 10.3 Å². The van der Waals surface area contributed by atoms with E-state index in [4.69, 9.17) is 0 Å². The Labute approximate surface area is 136 Å². The number of halogens is 1. The van der Waals surface area contributed by atoms with Gasteiger partial charge in [-0.1, -0.05) is 30.0 Å². The largest absolute Gasteiger partial charge is 1.00 e. The first-order chi connectivity index (χ1) is 8.13. The minimum atomic E-state index is 0. The monoisotopic (exact) mass is 407 g/mol. The molecule has 96 valence electrons. The first kappa shape index (κ1) is 14.6. The van der Waals surface area contributed by atoms with E-state index < -0.39 is 0 Å². The third kappa shape index (κ3) is 2.19. The molecule has 0 amide bonds. The molecule has 1 aliphatic heterocycles. The highest BCUT2D eigenvalue weighted by Gasteiger charge is 2.39. The molecule has 0 aliphatic carbocycles. The lowest BCUT2D eigenvalue weighted by atomic mass is 9.90. The quantitative estimate of drug-likeness (QED) is 0.337. The number of fused-ring (bicyclic) bond motifs is 3. The molecule has 1 aromatic carbocycles. The standard InChI is InChI=1S/C13H14NS3.HI/c1-13(2)11-10(12(15-3)17-16-11)8-6-4-5-7-9(8)14-13;/h4-7,14H,1-3H3;1H/q+1;/p-1. The fourth-order valence-electron chi connectivity index (χ4n) is 2.24. The summed E-state index contributed by atoms with van der Waals surface area (Å²) < 4.78 is 1.44. The number of para-hydroxylation sites is 1. The van der Waals surface area contributed by atoms with Gasteiger partial charge in [0, 0.05) is 11.3 Å². The molecule has 1 aliphatic rings. The maximum absolute atomic E-state index is 3.64. The molecule has 0 saturated carbocycles. The molecule has 2 heterocycles. The van der Waals surface area contributed by atoms with E-state index in [2.05, 4.69) is 49.7 Å². The highest BCUT2D eigenvalue weighted by Crippen LogP contribution is 2.52. The molecular weight excluding hydrogens is 393 g/mol. The third-order valence-corrected chi connectivity index (χ3v) is 7.24. The van der Waals surface area contributed by atoms with Gasteiger partial charge >= 0.3 is 10.3 Å². The van der Waals surface area contributed by atoms with Crippen LogP contribution in [-0.2, 0) is 5.54 Å². The molecule has 2 aromatic rings. The van der Waals surface area contributed by atoms with Gasteiger partial charge < -0.3 is 29.3 Å². The second-order valence-corrected chi connectivity index (χ2v) is 7.88. The molecule has 1 aromatic heterocycles. The molecule has 0 atom stereocenters. The van der Waals surface area contributed by atoms with Crippen LogP contribution in [0.15, 0.2) is 28.5 Å². The summed E-state index contributed by atoms with van der Waals surface area (Å²) in [6, 6.07) is 8.61. The van der Waals surface area contributed by atoms with Crippen LogP contribution in [0.1, 0.15) is 18.7 Å². The van der Waals surface area contributed by atoms with Gasteiger partial charge in [-0.2, -0.15) is 0 Å². The smallest absolute Gasteiger partial charge is 0.308 e. The molecule has 18 heavy (non-hydrogen) atoms. The van der Waals surface area contributed by atoms with Crippen LogP contribution < -0.4 is 29.3 Å². The molecule has 0 spiro atoms. The van der Waals surface area contributed by atoms with E-state index in [0.717, 1.165) is 0 Å². The summed E-state index contributed by atoms with van der Waals surface area (Å²) >= 11 is 1.86. The summed E-state index contributed by atoms with van der Waals surface area (Å²) in [6.45, 7) is 4.52. The molecule has 1 nitrogen and oxygen atoms in total. The van der Waals surface area contributed by atoms with Crippen LogP contribution in [-0.4, -0.2) is 6.26 Å². The first-order valence-electron chi connectivity index (χ1n) is 5.51. The zero-order valence-electron chi connectivity index (χ0n) is 10.4. The van der Waals surface area contributed by atoms with Gasteiger partial charge in [-0.05, 0) is 26.2 Å². The van der Waals surface area contributed by atoms with E-state index in [9.17, 15) is 0 Å². The van der Waals surface area contributed by atoms with Crippen LogP contribution in [0.3, 0.4) is 0 Å². The van der Waals surface area contributed by atoms with Crippen molar-refractivity contribution < 1.29 is 24.0 Å². The van der Waals surface area contributed by atoms with Crippen LogP contribution in [0.2, 0.25) is 0 Å². The predicted molar refractivity (Wildman–Crippen MR) is 80.5 cm³/mol. The van der Waals surface area contributed by atoms with Crippen molar-refractivity contribution in [1.82, 2.24) is 0 Å². The molecular formula is C13H14INS3. The summed E-state index contributed by atoms with van der Waals surface area (Å²) in [5.41, 5.74) is 4.10. The second-order valence-electron chi connectivity index (χ2n) is 4.66. The Morgan fingerprint density at radius 1 is 1.28 bits per heavy atom. The van der Waals surface area contributed by atoms with Gasteiger partial charge in [-0.3, -0.25) is 0 Å². The van der Waals surface area contributed by atoms with Crippen LogP contribution in [0.25, 0.3) is 11.1 Å². The maximum atomic E-state index is 3.64. The van der Waals surface area contributed by atoms with E-state index in [1.54, 1.807) is 0 Å². The second kappa shape index (κ2) is 5.26. The average Bonchev–Trinajstić information content (AvgIpc) is 2.73. The van der Waals surface area contributed by atoms with Crippen molar-refractivity contribution in [2.75, 3.05) is 11.6 Å². The molecule has 0 bridgehead atoms. The summed E-state index contributed by atoms with van der Waals surface area (Å²) in [5, 5.41) is 3.64. The molecule has 1 N–H and O–H groups in total. The van der Waals surface area contributed by atoms with Gasteiger partial charge in [-0.25, -0.2) is 0 Å². The zero-order chi connectivity index (χ0) is 12.0. The van der Waals surface area contributed by atoms with Gasteiger partial charge in [0.2, 0.25) is 0 Å². The first-order valence-corrected chi connectivity index (χ1v) is 8.89. The van der Waals surface area contributed by atoms with Crippen molar-refractivity contribution in [3.8, 4) is 11.1 Å².